The molecular weight excluding hydrogens is 162 g/mol. The molecule has 1 rings (SSSR count). The highest BCUT2D eigenvalue weighted by Crippen LogP contribution is 2.19. The normalized spacial score (nSPS) is 28.3. The monoisotopic (exact) mass is 171 g/mol. The molecule has 0 heterocycles. The van der Waals surface area contributed by atoms with Gasteiger partial charge in [0.15, 0.2) is 0 Å². The number of carbonyl (C=O) groups is 1. The Bertz CT molecular complexity index is 212. The molecule has 0 radical (unpaired) electrons. The zero-order valence-electron chi connectivity index (χ0n) is 6.34. The van der Waals surface area contributed by atoms with E-state index in [1.54, 1.807) is 0 Å². The van der Waals surface area contributed by atoms with E-state index in [0.29, 0.717) is 12.8 Å². The van der Waals surface area contributed by atoms with Gasteiger partial charge in [-0.1, -0.05) is 6.08 Å². The van der Waals surface area contributed by atoms with E-state index < -0.39 is 22.9 Å². The first kappa shape index (κ1) is 8.70. The van der Waals surface area contributed by atoms with Crippen molar-refractivity contribution in [1.29, 1.82) is 0 Å². The van der Waals surface area contributed by atoms with Gasteiger partial charge in [-0.15, -0.1) is 0 Å². The van der Waals surface area contributed by atoms with Gasteiger partial charge in [0, 0.05) is 11.3 Å². The zero-order chi connectivity index (χ0) is 9.14. The Hall–Kier alpha value is -1.39. The topological polar surface area (TPSA) is 80.4 Å². The molecule has 1 N–H and O–H groups in total. The van der Waals surface area contributed by atoms with E-state index in [-0.39, 0.29) is 0 Å². The second-order valence-corrected chi connectivity index (χ2v) is 2.76. The number of nitrogens with zero attached hydrogens (tertiary/aromatic N) is 1. The first-order valence-electron chi connectivity index (χ1n) is 3.66. The summed E-state index contributed by atoms with van der Waals surface area (Å²) in [6.45, 7) is 0. The zero-order valence-corrected chi connectivity index (χ0v) is 6.34. The largest absolute Gasteiger partial charge is 0.481 e. The lowest BCUT2D eigenvalue weighted by Crippen LogP contribution is -2.24. The number of nitro groups is 1. The summed E-state index contributed by atoms with van der Waals surface area (Å²) in [4.78, 5) is 20.3. The number of hydrogen-bond donors (Lipinski definition) is 1. The van der Waals surface area contributed by atoms with Crippen LogP contribution in [-0.4, -0.2) is 22.0 Å². The van der Waals surface area contributed by atoms with Crippen molar-refractivity contribution >= 4 is 5.97 Å². The molecule has 0 aromatic carbocycles. The summed E-state index contributed by atoms with van der Waals surface area (Å²) >= 11 is 0. The fourth-order valence-electron chi connectivity index (χ4n) is 1.19. The van der Waals surface area contributed by atoms with Crippen molar-refractivity contribution in [2.45, 2.75) is 18.9 Å². The highest BCUT2D eigenvalue weighted by Gasteiger charge is 2.26. The van der Waals surface area contributed by atoms with Crippen LogP contribution in [0.4, 0.5) is 0 Å². The Morgan fingerprint density at radius 2 is 2.17 bits per heavy atom. The van der Waals surface area contributed by atoms with Crippen LogP contribution in [0.3, 0.4) is 0 Å². The summed E-state index contributed by atoms with van der Waals surface area (Å²) in [5.74, 6) is -1.45. The number of carboxylic acid groups (broad SMARTS) is 1. The SMILES string of the molecule is O=C(O)C1C=C[C@H]([N+](=O)[O-])CC1. The quantitative estimate of drug-likeness (QED) is 0.376. The van der Waals surface area contributed by atoms with Gasteiger partial charge < -0.3 is 5.11 Å². The Morgan fingerprint density at radius 1 is 1.50 bits per heavy atom. The molecule has 0 saturated heterocycles. The maximum absolute atomic E-state index is 10.4. The van der Waals surface area contributed by atoms with Crippen molar-refractivity contribution in [2.75, 3.05) is 0 Å². The first-order valence-corrected chi connectivity index (χ1v) is 3.66. The number of rotatable bonds is 2. The van der Waals surface area contributed by atoms with Gasteiger partial charge in [-0.05, 0) is 12.5 Å². The molecule has 12 heavy (non-hydrogen) atoms. The predicted molar refractivity (Wildman–Crippen MR) is 40.3 cm³/mol. The molecular formula is C7H9NO4. The lowest BCUT2D eigenvalue weighted by Gasteiger charge is -2.14. The summed E-state index contributed by atoms with van der Waals surface area (Å²) in [7, 11) is 0. The molecule has 66 valence electrons. The molecule has 1 unspecified atom stereocenters. The van der Waals surface area contributed by atoms with Crippen LogP contribution in [0.1, 0.15) is 12.8 Å². The van der Waals surface area contributed by atoms with E-state index in [2.05, 4.69) is 0 Å². The van der Waals surface area contributed by atoms with Gasteiger partial charge in [0.25, 0.3) is 0 Å². The summed E-state index contributed by atoms with van der Waals surface area (Å²) in [6, 6.07) is -0.694. The van der Waals surface area contributed by atoms with Gasteiger partial charge in [0.2, 0.25) is 6.04 Å². The minimum Gasteiger partial charge on any atom is -0.481 e. The predicted octanol–water partition coefficient (Wildman–Crippen LogP) is 0.682. The van der Waals surface area contributed by atoms with E-state index in [9.17, 15) is 14.9 Å². The second kappa shape index (κ2) is 3.34. The third kappa shape index (κ3) is 1.81. The lowest BCUT2D eigenvalue weighted by atomic mass is 9.93. The summed E-state index contributed by atoms with van der Waals surface area (Å²) in [5, 5.41) is 18.8. The molecule has 2 atom stereocenters. The molecule has 0 aliphatic heterocycles. The van der Waals surface area contributed by atoms with Gasteiger partial charge >= 0.3 is 5.97 Å². The lowest BCUT2D eigenvalue weighted by molar-refractivity contribution is -0.511. The van der Waals surface area contributed by atoms with Gasteiger partial charge in [0.05, 0.1) is 5.92 Å². The summed E-state index contributed by atoms with van der Waals surface area (Å²) in [6.07, 6.45) is 3.44. The molecule has 0 fully saturated rings. The summed E-state index contributed by atoms with van der Waals surface area (Å²) < 4.78 is 0. The summed E-state index contributed by atoms with van der Waals surface area (Å²) in [5.41, 5.74) is 0. The molecule has 1 aliphatic carbocycles. The Kier molecular flexibility index (Phi) is 2.42. The fourth-order valence-corrected chi connectivity index (χ4v) is 1.19. The molecule has 5 heteroatoms. The molecule has 0 aromatic heterocycles. The van der Waals surface area contributed by atoms with Crippen molar-refractivity contribution in [3.05, 3.63) is 22.3 Å². The van der Waals surface area contributed by atoms with E-state index in [1.807, 2.05) is 0 Å². The smallest absolute Gasteiger partial charge is 0.310 e. The molecule has 0 saturated carbocycles. The minimum absolute atomic E-state index is 0.320. The third-order valence-corrected chi connectivity index (χ3v) is 1.93. The average Bonchev–Trinajstić information content (AvgIpc) is 2.04. The van der Waals surface area contributed by atoms with Gasteiger partial charge in [0.1, 0.15) is 0 Å². The van der Waals surface area contributed by atoms with Crippen LogP contribution in [0.5, 0.6) is 0 Å². The Morgan fingerprint density at radius 3 is 2.50 bits per heavy atom. The first-order chi connectivity index (χ1) is 5.61. The van der Waals surface area contributed by atoms with Gasteiger partial charge in [-0.3, -0.25) is 14.9 Å². The standard InChI is InChI=1S/C7H9NO4/c9-7(10)5-1-3-6(4-2-5)8(11)12/h1,3,5-6H,2,4H2,(H,9,10)/t5?,6-/m0/s1. The van der Waals surface area contributed by atoms with E-state index in [0.717, 1.165) is 0 Å². The van der Waals surface area contributed by atoms with Crippen molar-refractivity contribution in [3.63, 3.8) is 0 Å². The molecule has 5 nitrogen and oxygen atoms in total. The van der Waals surface area contributed by atoms with E-state index in [4.69, 9.17) is 5.11 Å². The highest BCUT2D eigenvalue weighted by atomic mass is 16.6. The van der Waals surface area contributed by atoms with Gasteiger partial charge in [-0.25, -0.2) is 0 Å². The Labute approximate surface area is 68.8 Å². The van der Waals surface area contributed by atoms with Crippen molar-refractivity contribution in [2.24, 2.45) is 5.92 Å². The molecule has 0 aromatic rings. The van der Waals surface area contributed by atoms with Crippen LogP contribution in [0.15, 0.2) is 12.2 Å². The maximum Gasteiger partial charge on any atom is 0.310 e. The minimum atomic E-state index is -0.909. The van der Waals surface area contributed by atoms with Crippen LogP contribution < -0.4 is 0 Å². The Balaban J connectivity index is 2.59. The number of carboxylic acids is 1. The van der Waals surface area contributed by atoms with Crippen molar-refractivity contribution in [1.82, 2.24) is 0 Å². The molecule has 0 spiro atoms. The average molecular weight is 171 g/mol. The van der Waals surface area contributed by atoms with Crippen LogP contribution in [0.25, 0.3) is 0 Å². The second-order valence-electron chi connectivity index (χ2n) is 2.76. The van der Waals surface area contributed by atoms with Crippen molar-refractivity contribution in [3.8, 4) is 0 Å². The van der Waals surface area contributed by atoms with Crippen LogP contribution in [-0.2, 0) is 4.79 Å². The van der Waals surface area contributed by atoms with Crippen LogP contribution in [0.2, 0.25) is 0 Å². The van der Waals surface area contributed by atoms with E-state index in [1.165, 1.54) is 12.2 Å². The number of hydrogen-bond acceptors (Lipinski definition) is 3. The van der Waals surface area contributed by atoms with Crippen LogP contribution in [0, 0.1) is 16.0 Å². The molecule has 0 amide bonds. The number of aliphatic carboxylic acids is 1. The molecule has 0 bridgehead atoms. The maximum atomic E-state index is 10.4. The van der Waals surface area contributed by atoms with Gasteiger partial charge in [-0.2, -0.15) is 0 Å². The fraction of sp³-hybridized carbons (Fsp3) is 0.571. The van der Waals surface area contributed by atoms with Crippen molar-refractivity contribution < 1.29 is 14.8 Å². The third-order valence-electron chi connectivity index (χ3n) is 1.93. The van der Waals surface area contributed by atoms with E-state index >= 15 is 0 Å². The highest BCUT2D eigenvalue weighted by molar-refractivity contribution is 5.72. The van der Waals surface area contributed by atoms with Crippen LogP contribution >= 0.6 is 0 Å². The molecule has 1 aliphatic rings.